The third kappa shape index (κ3) is 2.90. The second kappa shape index (κ2) is 3.73. The van der Waals surface area contributed by atoms with Crippen molar-refractivity contribution in [1.82, 2.24) is 0 Å². The Morgan fingerprint density at radius 1 is 1.20 bits per heavy atom. The molecule has 0 fully saturated rings. The fraction of sp³-hybridized carbons (Fsp3) is 0.143. The Morgan fingerprint density at radius 3 is 2.13 bits per heavy atom. The maximum atomic E-state index is 13.0. The number of hydrogen-bond acceptors (Lipinski definition) is 4. The highest BCUT2D eigenvalue weighted by Gasteiger charge is 2.19. The summed E-state index contributed by atoms with van der Waals surface area (Å²) in [5.74, 6) is -1.09. The third-order valence-electron chi connectivity index (χ3n) is 1.59. The van der Waals surface area contributed by atoms with E-state index in [1.807, 2.05) is 0 Å². The van der Waals surface area contributed by atoms with E-state index in [0.29, 0.717) is 6.07 Å². The topological polar surface area (TPSA) is 68.3 Å². The van der Waals surface area contributed by atoms with Crippen molar-refractivity contribution < 1.29 is 21.2 Å². The summed E-state index contributed by atoms with van der Waals surface area (Å²) in [6, 6.07) is 2.40. The Bertz CT molecular complexity index is 591. The summed E-state index contributed by atoms with van der Waals surface area (Å²) in [6.07, 6.45) is 0.880. The van der Waals surface area contributed by atoms with Gasteiger partial charge in [-0.1, -0.05) is 0 Å². The highest BCUT2D eigenvalue weighted by atomic mass is 35.7. The predicted molar refractivity (Wildman–Crippen MR) is 52.5 cm³/mol. The molecule has 0 saturated carbocycles. The molecule has 0 saturated heterocycles. The fourth-order valence-electron chi connectivity index (χ4n) is 0.901. The zero-order valence-electron chi connectivity index (χ0n) is 7.44. The molecule has 0 radical (unpaired) electrons. The van der Waals surface area contributed by atoms with Crippen LogP contribution in [0.25, 0.3) is 0 Å². The van der Waals surface area contributed by atoms with Gasteiger partial charge in [0.15, 0.2) is 9.84 Å². The first-order valence-electron chi connectivity index (χ1n) is 3.56. The minimum absolute atomic E-state index is 0.303. The maximum Gasteiger partial charge on any atom is 0.264 e. The van der Waals surface area contributed by atoms with Crippen LogP contribution in [0.1, 0.15) is 0 Å². The molecule has 1 aromatic rings. The molecule has 8 heteroatoms. The summed E-state index contributed by atoms with van der Waals surface area (Å²) in [7, 11) is -2.95. The second-order valence-electron chi connectivity index (χ2n) is 2.80. The van der Waals surface area contributed by atoms with Gasteiger partial charge in [0.25, 0.3) is 9.05 Å². The second-order valence-corrected chi connectivity index (χ2v) is 7.35. The lowest BCUT2D eigenvalue weighted by Crippen LogP contribution is -2.01. The van der Waals surface area contributed by atoms with Crippen LogP contribution in [0.2, 0.25) is 0 Å². The smallest absolute Gasteiger partial charge is 0.224 e. The van der Waals surface area contributed by atoms with Crippen LogP contribution in [0.4, 0.5) is 4.39 Å². The third-order valence-corrected chi connectivity index (χ3v) is 4.04. The molecule has 0 spiro atoms. The van der Waals surface area contributed by atoms with Gasteiger partial charge in [-0.15, -0.1) is 0 Å². The molecule has 84 valence electrons. The molecule has 0 unspecified atom stereocenters. The van der Waals surface area contributed by atoms with Gasteiger partial charge in [-0.3, -0.25) is 0 Å². The lowest BCUT2D eigenvalue weighted by Gasteiger charge is -2.02. The van der Waals surface area contributed by atoms with Crippen LogP contribution < -0.4 is 0 Å². The first-order valence-corrected chi connectivity index (χ1v) is 7.77. The lowest BCUT2D eigenvalue weighted by atomic mass is 10.3. The predicted octanol–water partition coefficient (Wildman–Crippen LogP) is 1.16. The minimum Gasteiger partial charge on any atom is -0.224 e. The highest BCUT2D eigenvalue weighted by Crippen LogP contribution is 2.22. The summed E-state index contributed by atoms with van der Waals surface area (Å²) in [6.45, 7) is 0. The number of hydrogen-bond donors (Lipinski definition) is 0. The summed E-state index contributed by atoms with van der Waals surface area (Å²) < 4.78 is 56.8. The van der Waals surface area contributed by atoms with E-state index in [1.54, 1.807) is 0 Å². The monoisotopic (exact) mass is 272 g/mol. The van der Waals surface area contributed by atoms with E-state index < -0.39 is 29.6 Å². The summed E-state index contributed by atoms with van der Waals surface area (Å²) in [5.41, 5.74) is 0. The van der Waals surface area contributed by atoms with E-state index in [1.165, 1.54) is 0 Å². The maximum absolute atomic E-state index is 13.0. The Kier molecular flexibility index (Phi) is 3.09. The highest BCUT2D eigenvalue weighted by molar-refractivity contribution is 8.13. The van der Waals surface area contributed by atoms with Crippen molar-refractivity contribution in [3.05, 3.63) is 24.0 Å². The van der Waals surface area contributed by atoms with Crippen LogP contribution in [0, 0.1) is 5.82 Å². The molecule has 1 aromatic carbocycles. The number of benzene rings is 1. The van der Waals surface area contributed by atoms with Gasteiger partial charge in [-0.05, 0) is 18.2 Å². The van der Waals surface area contributed by atoms with Crippen molar-refractivity contribution >= 4 is 29.6 Å². The van der Waals surface area contributed by atoms with Crippen molar-refractivity contribution in [2.75, 3.05) is 6.26 Å². The number of rotatable bonds is 2. The zero-order chi connectivity index (χ0) is 11.9. The van der Waals surface area contributed by atoms with Crippen molar-refractivity contribution in [1.29, 1.82) is 0 Å². The average Bonchev–Trinajstić information content (AvgIpc) is 2.00. The van der Waals surface area contributed by atoms with Crippen LogP contribution >= 0.6 is 10.7 Å². The van der Waals surface area contributed by atoms with Gasteiger partial charge in [0, 0.05) is 16.9 Å². The first-order chi connectivity index (χ1) is 6.62. The van der Waals surface area contributed by atoms with Gasteiger partial charge >= 0.3 is 0 Å². The van der Waals surface area contributed by atoms with Crippen LogP contribution in [-0.4, -0.2) is 23.1 Å². The molecular weight excluding hydrogens is 267 g/mol. The molecular formula is C7H6ClFO4S2. The standard InChI is InChI=1S/C7H6ClFO4S2/c1-14(10,11)5-2-3-6(9)7(4-5)15(8,12)13/h2-4H,1H3. The molecule has 15 heavy (non-hydrogen) atoms. The van der Waals surface area contributed by atoms with Crippen LogP contribution in [0.5, 0.6) is 0 Å². The van der Waals surface area contributed by atoms with E-state index in [9.17, 15) is 21.2 Å². The van der Waals surface area contributed by atoms with Crippen LogP contribution in [0.3, 0.4) is 0 Å². The molecule has 1 rings (SSSR count). The Balaban J connectivity index is 3.57. The van der Waals surface area contributed by atoms with Gasteiger partial charge in [0.2, 0.25) is 0 Å². The Labute approximate surface area is 91.0 Å². The molecule has 0 aliphatic rings. The molecule has 0 heterocycles. The Hall–Kier alpha value is -0.660. The van der Waals surface area contributed by atoms with Gasteiger partial charge in [-0.25, -0.2) is 21.2 Å². The van der Waals surface area contributed by atoms with E-state index in [4.69, 9.17) is 10.7 Å². The molecule has 0 amide bonds. The minimum atomic E-state index is -4.28. The van der Waals surface area contributed by atoms with Gasteiger partial charge in [0.05, 0.1) is 4.90 Å². The van der Waals surface area contributed by atoms with Gasteiger partial charge in [-0.2, -0.15) is 0 Å². The number of halogens is 2. The average molecular weight is 273 g/mol. The summed E-state index contributed by atoms with van der Waals surface area (Å²) in [5, 5.41) is 0. The SMILES string of the molecule is CS(=O)(=O)c1ccc(F)c(S(=O)(=O)Cl)c1. The molecule has 0 aliphatic heterocycles. The van der Waals surface area contributed by atoms with Gasteiger partial charge in [0.1, 0.15) is 10.7 Å². The summed E-state index contributed by atoms with van der Waals surface area (Å²) in [4.78, 5) is -1.14. The first kappa shape index (κ1) is 12.4. The molecule has 0 atom stereocenters. The van der Waals surface area contributed by atoms with Crippen molar-refractivity contribution in [3.8, 4) is 0 Å². The molecule has 0 N–H and O–H groups in total. The fourth-order valence-corrected chi connectivity index (χ4v) is 2.55. The van der Waals surface area contributed by atoms with E-state index in [2.05, 4.69) is 0 Å². The van der Waals surface area contributed by atoms with Crippen LogP contribution in [0.15, 0.2) is 28.0 Å². The molecule has 0 bridgehead atoms. The quantitative estimate of drug-likeness (QED) is 0.598. The summed E-state index contributed by atoms with van der Waals surface area (Å²) >= 11 is 0. The van der Waals surface area contributed by atoms with E-state index in [0.717, 1.165) is 18.4 Å². The van der Waals surface area contributed by atoms with E-state index >= 15 is 0 Å². The molecule has 4 nitrogen and oxygen atoms in total. The lowest BCUT2D eigenvalue weighted by molar-refractivity contribution is 0.572. The largest absolute Gasteiger partial charge is 0.264 e. The molecule has 0 aliphatic carbocycles. The van der Waals surface area contributed by atoms with Crippen molar-refractivity contribution in [3.63, 3.8) is 0 Å². The number of sulfone groups is 1. The van der Waals surface area contributed by atoms with Crippen molar-refractivity contribution in [2.45, 2.75) is 9.79 Å². The van der Waals surface area contributed by atoms with Crippen molar-refractivity contribution in [2.24, 2.45) is 0 Å². The zero-order valence-corrected chi connectivity index (χ0v) is 9.83. The molecule has 0 aromatic heterocycles. The van der Waals surface area contributed by atoms with E-state index in [-0.39, 0.29) is 4.90 Å². The Morgan fingerprint density at radius 2 is 1.73 bits per heavy atom. The normalized spacial score (nSPS) is 12.7. The van der Waals surface area contributed by atoms with Gasteiger partial charge < -0.3 is 0 Å². The van der Waals surface area contributed by atoms with Crippen LogP contribution in [-0.2, 0) is 18.9 Å².